The molecule has 0 saturated carbocycles. The Labute approximate surface area is 178 Å². The van der Waals surface area contributed by atoms with Gasteiger partial charge in [0.25, 0.3) is 0 Å². The summed E-state index contributed by atoms with van der Waals surface area (Å²) in [5.74, 6) is 1.44. The number of aromatic nitrogens is 2. The highest BCUT2D eigenvalue weighted by Gasteiger charge is 2.15. The molecular weight excluding hydrogens is 415 g/mol. The second kappa shape index (κ2) is 8.66. The lowest BCUT2D eigenvalue weighted by Gasteiger charge is -2.28. The van der Waals surface area contributed by atoms with E-state index in [1.807, 2.05) is 36.7 Å². The molecule has 4 rings (SSSR count). The van der Waals surface area contributed by atoms with Gasteiger partial charge in [0.2, 0.25) is 0 Å². The maximum Gasteiger partial charge on any atom is 0.157 e. The molecule has 5 nitrogen and oxygen atoms in total. The van der Waals surface area contributed by atoms with Gasteiger partial charge in [-0.15, -0.1) is 11.3 Å². The number of halogens is 2. The van der Waals surface area contributed by atoms with Crippen LogP contribution in [0.5, 0.6) is 5.75 Å². The van der Waals surface area contributed by atoms with Crippen molar-refractivity contribution in [3.8, 4) is 16.9 Å². The van der Waals surface area contributed by atoms with Gasteiger partial charge in [0, 0.05) is 37.8 Å². The van der Waals surface area contributed by atoms with Gasteiger partial charge in [-0.3, -0.25) is 0 Å². The standard InChI is InChI=1S/C20H20Cl2N4OS/c1-13-25-16(12-28-13)11-27-20-17(21)8-15(9-18(20)22)14-2-3-24-19(10-14)26-6-4-23-5-7-26/h2-3,8-10,12,23H,4-7,11H2,1H3. The van der Waals surface area contributed by atoms with Crippen molar-refractivity contribution in [2.24, 2.45) is 0 Å². The molecule has 3 heterocycles. The first-order valence-corrected chi connectivity index (χ1v) is 10.7. The van der Waals surface area contributed by atoms with E-state index in [0.717, 1.165) is 53.8 Å². The van der Waals surface area contributed by atoms with Gasteiger partial charge < -0.3 is 15.0 Å². The second-order valence-corrected chi connectivity index (χ2v) is 8.43. The van der Waals surface area contributed by atoms with E-state index >= 15 is 0 Å². The molecule has 0 atom stereocenters. The zero-order chi connectivity index (χ0) is 19.5. The Morgan fingerprint density at radius 2 is 1.89 bits per heavy atom. The van der Waals surface area contributed by atoms with E-state index in [2.05, 4.69) is 26.3 Å². The summed E-state index contributed by atoms with van der Waals surface area (Å²) in [5.41, 5.74) is 2.83. The number of aryl methyl sites for hydroxylation is 1. The number of benzene rings is 1. The highest BCUT2D eigenvalue weighted by Crippen LogP contribution is 2.38. The molecule has 1 aromatic carbocycles. The van der Waals surface area contributed by atoms with E-state index in [9.17, 15) is 0 Å². The van der Waals surface area contributed by atoms with Crippen molar-refractivity contribution in [1.82, 2.24) is 15.3 Å². The molecule has 1 N–H and O–H groups in total. The van der Waals surface area contributed by atoms with Crippen LogP contribution >= 0.6 is 34.5 Å². The predicted molar refractivity (Wildman–Crippen MR) is 116 cm³/mol. The number of pyridine rings is 1. The van der Waals surface area contributed by atoms with E-state index < -0.39 is 0 Å². The number of rotatable bonds is 5. The van der Waals surface area contributed by atoms with E-state index in [4.69, 9.17) is 27.9 Å². The van der Waals surface area contributed by atoms with Crippen molar-refractivity contribution in [2.45, 2.75) is 13.5 Å². The fourth-order valence-electron chi connectivity index (χ4n) is 3.15. The molecule has 0 amide bonds. The number of anilines is 1. The van der Waals surface area contributed by atoms with Gasteiger partial charge in [0.1, 0.15) is 12.4 Å². The molecule has 1 saturated heterocycles. The van der Waals surface area contributed by atoms with Crippen LogP contribution in [0.4, 0.5) is 5.82 Å². The molecule has 1 aliphatic rings. The van der Waals surface area contributed by atoms with Crippen LogP contribution in [0, 0.1) is 6.92 Å². The number of thiazole rings is 1. The molecule has 28 heavy (non-hydrogen) atoms. The van der Waals surface area contributed by atoms with Crippen LogP contribution in [-0.2, 0) is 6.61 Å². The van der Waals surface area contributed by atoms with Gasteiger partial charge in [-0.05, 0) is 42.3 Å². The van der Waals surface area contributed by atoms with Crippen molar-refractivity contribution in [3.63, 3.8) is 0 Å². The molecule has 3 aromatic rings. The quantitative estimate of drug-likeness (QED) is 0.624. The Hall–Kier alpha value is -1.86. The smallest absolute Gasteiger partial charge is 0.157 e. The number of hydrogen-bond donors (Lipinski definition) is 1. The van der Waals surface area contributed by atoms with Crippen LogP contribution in [0.15, 0.2) is 35.8 Å². The van der Waals surface area contributed by atoms with Crippen LogP contribution in [0.2, 0.25) is 10.0 Å². The Balaban J connectivity index is 1.55. The summed E-state index contributed by atoms with van der Waals surface area (Å²) in [6, 6.07) is 7.80. The first-order chi connectivity index (χ1) is 13.6. The van der Waals surface area contributed by atoms with Gasteiger partial charge >= 0.3 is 0 Å². The zero-order valence-electron chi connectivity index (χ0n) is 15.4. The highest BCUT2D eigenvalue weighted by atomic mass is 35.5. The van der Waals surface area contributed by atoms with Crippen LogP contribution in [-0.4, -0.2) is 36.1 Å². The molecule has 8 heteroatoms. The van der Waals surface area contributed by atoms with E-state index in [0.29, 0.717) is 22.4 Å². The van der Waals surface area contributed by atoms with E-state index in [1.54, 1.807) is 11.3 Å². The SMILES string of the molecule is Cc1nc(COc2c(Cl)cc(-c3ccnc(N4CCNCC4)c3)cc2Cl)cs1. The number of nitrogens with zero attached hydrogens (tertiary/aromatic N) is 3. The highest BCUT2D eigenvalue weighted by molar-refractivity contribution is 7.09. The molecule has 0 bridgehead atoms. The van der Waals surface area contributed by atoms with Gasteiger partial charge in [-0.1, -0.05) is 23.2 Å². The summed E-state index contributed by atoms with van der Waals surface area (Å²) < 4.78 is 5.83. The summed E-state index contributed by atoms with van der Waals surface area (Å²) in [5, 5.41) is 7.29. The average Bonchev–Trinajstić information content (AvgIpc) is 3.13. The Kier molecular flexibility index (Phi) is 6.01. The first-order valence-electron chi connectivity index (χ1n) is 9.05. The number of ether oxygens (including phenoxy) is 1. The summed E-state index contributed by atoms with van der Waals surface area (Å²) in [7, 11) is 0. The topological polar surface area (TPSA) is 50.3 Å². The van der Waals surface area contributed by atoms with Crippen molar-refractivity contribution in [3.05, 3.63) is 56.6 Å². The molecular formula is C20H20Cl2N4OS. The van der Waals surface area contributed by atoms with Crippen molar-refractivity contribution in [1.29, 1.82) is 0 Å². The van der Waals surface area contributed by atoms with E-state index in [1.165, 1.54) is 0 Å². The normalized spacial score (nSPS) is 14.3. The number of hydrogen-bond acceptors (Lipinski definition) is 6. The third-order valence-corrected chi connectivity index (χ3v) is 5.93. The molecule has 146 valence electrons. The fraction of sp³-hybridized carbons (Fsp3) is 0.300. The average molecular weight is 435 g/mol. The van der Waals surface area contributed by atoms with E-state index in [-0.39, 0.29) is 0 Å². The third kappa shape index (κ3) is 4.41. The molecule has 1 aliphatic heterocycles. The summed E-state index contributed by atoms with van der Waals surface area (Å²) in [6.07, 6.45) is 1.82. The lowest BCUT2D eigenvalue weighted by molar-refractivity contribution is 0.302. The molecule has 2 aromatic heterocycles. The van der Waals surface area contributed by atoms with Gasteiger partial charge in [-0.2, -0.15) is 0 Å². The van der Waals surface area contributed by atoms with Gasteiger partial charge in [0.05, 0.1) is 20.7 Å². The minimum Gasteiger partial charge on any atom is -0.484 e. The number of piperazine rings is 1. The summed E-state index contributed by atoms with van der Waals surface area (Å²) in [4.78, 5) is 11.2. The van der Waals surface area contributed by atoms with Crippen molar-refractivity contribution >= 4 is 40.4 Å². The lowest BCUT2D eigenvalue weighted by atomic mass is 10.1. The third-order valence-electron chi connectivity index (χ3n) is 4.55. The maximum atomic E-state index is 6.48. The fourth-order valence-corrected chi connectivity index (χ4v) is 4.34. The van der Waals surface area contributed by atoms with Crippen molar-refractivity contribution in [2.75, 3.05) is 31.1 Å². The number of nitrogens with one attached hydrogen (secondary N) is 1. The molecule has 0 unspecified atom stereocenters. The summed E-state index contributed by atoms with van der Waals surface area (Å²) in [6.45, 7) is 6.13. The zero-order valence-corrected chi connectivity index (χ0v) is 17.7. The minimum atomic E-state index is 0.339. The predicted octanol–water partition coefficient (Wildman–Crippen LogP) is 4.81. The van der Waals surface area contributed by atoms with Crippen LogP contribution in [0.1, 0.15) is 10.7 Å². The van der Waals surface area contributed by atoms with Crippen molar-refractivity contribution < 1.29 is 4.74 Å². The summed E-state index contributed by atoms with van der Waals surface area (Å²) >= 11 is 14.6. The molecule has 0 radical (unpaired) electrons. The second-order valence-electron chi connectivity index (χ2n) is 6.56. The van der Waals surface area contributed by atoms with Gasteiger partial charge in [0.15, 0.2) is 5.75 Å². The molecule has 0 spiro atoms. The molecule has 1 fully saturated rings. The first kappa shape index (κ1) is 19.5. The Bertz CT molecular complexity index is 949. The Morgan fingerprint density at radius 1 is 1.14 bits per heavy atom. The lowest BCUT2D eigenvalue weighted by Crippen LogP contribution is -2.43. The largest absolute Gasteiger partial charge is 0.484 e. The maximum absolute atomic E-state index is 6.48. The van der Waals surface area contributed by atoms with Crippen LogP contribution in [0.3, 0.4) is 0 Å². The molecule has 0 aliphatic carbocycles. The minimum absolute atomic E-state index is 0.339. The van der Waals surface area contributed by atoms with Crippen LogP contribution < -0.4 is 15.0 Å². The Morgan fingerprint density at radius 3 is 2.57 bits per heavy atom. The monoisotopic (exact) mass is 434 g/mol. The van der Waals surface area contributed by atoms with Crippen LogP contribution in [0.25, 0.3) is 11.1 Å². The van der Waals surface area contributed by atoms with Gasteiger partial charge in [-0.25, -0.2) is 9.97 Å².